The molecule has 0 saturated carbocycles. The molecule has 0 heterocycles. The fourth-order valence-corrected chi connectivity index (χ4v) is 3.32. The minimum Gasteiger partial charge on any atom is -0.316 e. The lowest BCUT2D eigenvalue weighted by atomic mass is 10.1. The summed E-state index contributed by atoms with van der Waals surface area (Å²) in [7, 11) is 0.308. The molecular formula is C14H24N2O2S. The SMILES string of the molecule is CCC(C)N(C)S(=O)(=O)Cc1ccc(CNC)cc1. The largest absolute Gasteiger partial charge is 0.316 e. The van der Waals surface area contributed by atoms with E-state index in [0.29, 0.717) is 0 Å². The third-order valence-corrected chi connectivity index (χ3v) is 5.34. The Morgan fingerprint density at radius 1 is 1.21 bits per heavy atom. The van der Waals surface area contributed by atoms with Crippen LogP contribution < -0.4 is 5.32 Å². The zero-order valence-corrected chi connectivity index (χ0v) is 13.0. The Kier molecular flexibility index (Phi) is 5.97. The van der Waals surface area contributed by atoms with E-state index < -0.39 is 10.0 Å². The van der Waals surface area contributed by atoms with Crippen LogP contribution in [0.4, 0.5) is 0 Å². The highest BCUT2D eigenvalue weighted by atomic mass is 32.2. The highest BCUT2D eigenvalue weighted by Crippen LogP contribution is 2.14. The minimum absolute atomic E-state index is 0.0357. The summed E-state index contributed by atoms with van der Waals surface area (Å²) in [5, 5.41) is 3.07. The van der Waals surface area contributed by atoms with Crippen LogP contribution >= 0.6 is 0 Å². The molecule has 0 fully saturated rings. The summed E-state index contributed by atoms with van der Waals surface area (Å²) in [6, 6.07) is 7.73. The maximum Gasteiger partial charge on any atom is 0.218 e. The summed E-state index contributed by atoms with van der Waals surface area (Å²) < 4.78 is 25.9. The average molecular weight is 284 g/mol. The predicted molar refractivity (Wildman–Crippen MR) is 79.3 cm³/mol. The normalized spacial score (nSPS) is 13.7. The van der Waals surface area contributed by atoms with Crippen molar-refractivity contribution >= 4 is 10.0 Å². The van der Waals surface area contributed by atoms with Crippen LogP contribution in [0.5, 0.6) is 0 Å². The zero-order valence-electron chi connectivity index (χ0n) is 12.2. The molecule has 0 bridgehead atoms. The van der Waals surface area contributed by atoms with Crippen molar-refractivity contribution in [2.24, 2.45) is 0 Å². The van der Waals surface area contributed by atoms with Gasteiger partial charge in [-0.3, -0.25) is 0 Å². The van der Waals surface area contributed by atoms with Crippen LogP contribution in [0.3, 0.4) is 0 Å². The van der Waals surface area contributed by atoms with Crippen molar-refractivity contribution in [1.82, 2.24) is 9.62 Å². The van der Waals surface area contributed by atoms with Crippen molar-refractivity contribution < 1.29 is 8.42 Å². The van der Waals surface area contributed by atoms with Crippen molar-refractivity contribution in [3.63, 3.8) is 0 Å². The quantitative estimate of drug-likeness (QED) is 0.833. The summed E-state index contributed by atoms with van der Waals surface area (Å²) >= 11 is 0. The van der Waals surface area contributed by atoms with Gasteiger partial charge in [0, 0.05) is 19.6 Å². The summed E-state index contributed by atoms with van der Waals surface area (Å²) in [6.07, 6.45) is 0.816. The van der Waals surface area contributed by atoms with E-state index in [-0.39, 0.29) is 11.8 Å². The van der Waals surface area contributed by atoms with Gasteiger partial charge in [0.15, 0.2) is 0 Å². The molecule has 5 heteroatoms. The first-order valence-corrected chi connectivity index (χ1v) is 8.19. The van der Waals surface area contributed by atoms with E-state index in [1.807, 2.05) is 45.2 Å². The second-order valence-electron chi connectivity index (χ2n) is 4.88. The fourth-order valence-electron chi connectivity index (χ4n) is 1.80. The molecular weight excluding hydrogens is 260 g/mol. The monoisotopic (exact) mass is 284 g/mol. The Morgan fingerprint density at radius 2 is 1.74 bits per heavy atom. The Balaban J connectivity index is 2.78. The van der Waals surface area contributed by atoms with Gasteiger partial charge in [-0.05, 0) is 31.5 Å². The smallest absolute Gasteiger partial charge is 0.218 e. The summed E-state index contributed by atoms with van der Waals surface area (Å²) in [5.41, 5.74) is 1.98. The number of hydrogen-bond donors (Lipinski definition) is 1. The molecule has 0 radical (unpaired) electrons. The molecule has 0 saturated heterocycles. The first-order valence-electron chi connectivity index (χ1n) is 6.58. The van der Waals surface area contributed by atoms with E-state index in [1.54, 1.807) is 7.05 Å². The standard InChI is InChI=1S/C14H24N2O2S/c1-5-12(2)16(4)19(17,18)11-14-8-6-13(7-9-14)10-15-3/h6-9,12,15H,5,10-11H2,1-4H3. The molecule has 1 atom stereocenters. The molecule has 19 heavy (non-hydrogen) atoms. The van der Waals surface area contributed by atoms with Gasteiger partial charge in [-0.2, -0.15) is 0 Å². The summed E-state index contributed by atoms with van der Waals surface area (Å²) in [4.78, 5) is 0. The van der Waals surface area contributed by atoms with Crippen LogP contribution in [0.15, 0.2) is 24.3 Å². The van der Waals surface area contributed by atoms with Crippen molar-refractivity contribution in [2.75, 3.05) is 14.1 Å². The lowest BCUT2D eigenvalue weighted by Crippen LogP contribution is -2.35. The van der Waals surface area contributed by atoms with E-state index in [9.17, 15) is 8.42 Å². The first-order chi connectivity index (χ1) is 8.90. The molecule has 108 valence electrons. The maximum absolute atomic E-state index is 12.2. The summed E-state index contributed by atoms with van der Waals surface area (Å²) in [6.45, 7) is 4.70. The molecule has 4 nitrogen and oxygen atoms in total. The zero-order chi connectivity index (χ0) is 14.5. The Morgan fingerprint density at radius 3 is 2.21 bits per heavy atom. The number of sulfonamides is 1. The minimum atomic E-state index is -3.23. The number of nitrogens with one attached hydrogen (secondary N) is 1. The van der Waals surface area contributed by atoms with Crippen LogP contribution in [0.1, 0.15) is 31.4 Å². The number of nitrogens with zero attached hydrogens (tertiary/aromatic N) is 1. The van der Waals surface area contributed by atoms with Gasteiger partial charge in [-0.1, -0.05) is 31.2 Å². The first kappa shape index (κ1) is 16.1. The number of rotatable bonds is 7. The van der Waals surface area contributed by atoms with E-state index in [4.69, 9.17) is 0 Å². The lowest BCUT2D eigenvalue weighted by molar-refractivity contribution is 0.380. The molecule has 1 rings (SSSR count). The van der Waals surface area contributed by atoms with Gasteiger partial charge in [0.1, 0.15) is 0 Å². The molecule has 1 N–H and O–H groups in total. The van der Waals surface area contributed by atoms with Crippen molar-refractivity contribution in [3.05, 3.63) is 35.4 Å². The van der Waals surface area contributed by atoms with Crippen LogP contribution in [-0.2, 0) is 22.3 Å². The molecule has 1 aromatic carbocycles. The van der Waals surface area contributed by atoms with E-state index in [0.717, 1.165) is 24.1 Å². The van der Waals surface area contributed by atoms with Gasteiger partial charge >= 0.3 is 0 Å². The molecule has 0 aromatic heterocycles. The lowest BCUT2D eigenvalue weighted by Gasteiger charge is -2.23. The highest BCUT2D eigenvalue weighted by molar-refractivity contribution is 7.88. The third kappa shape index (κ3) is 4.60. The van der Waals surface area contributed by atoms with Gasteiger partial charge in [-0.25, -0.2) is 12.7 Å². The van der Waals surface area contributed by atoms with Crippen molar-refractivity contribution in [1.29, 1.82) is 0 Å². The van der Waals surface area contributed by atoms with Gasteiger partial charge < -0.3 is 5.32 Å². The predicted octanol–water partition coefficient (Wildman–Crippen LogP) is 1.97. The van der Waals surface area contributed by atoms with E-state index >= 15 is 0 Å². The summed E-state index contributed by atoms with van der Waals surface area (Å²) in [5.74, 6) is 0.0632. The topological polar surface area (TPSA) is 49.4 Å². The van der Waals surface area contributed by atoms with Crippen molar-refractivity contribution in [2.45, 2.75) is 38.6 Å². The highest BCUT2D eigenvalue weighted by Gasteiger charge is 2.22. The Labute approximate surface area is 116 Å². The molecule has 0 amide bonds. The third-order valence-electron chi connectivity index (χ3n) is 3.40. The molecule has 0 spiro atoms. The van der Waals surface area contributed by atoms with Gasteiger partial charge in [-0.15, -0.1) is 0 Å². The van der Waals surface area contributed by atoms with Gasteiger partial charge in [0.2, 0.25) is 10.0 Å². The van der Waals surface area contributed by atoms with Crippen LogP contribution in [0.2, 0.25) is 0 Å². The second-order valence-corrected chi connectivity index (χ2v) is 6.91. The molecule has 0 aliphatic heterocycles. The Bertz CT molecular complexity index is 483. The average Bonchev–Trinajstić information content (AvgIpc) is 2.39. The van der Waals surface area contributed by atoms with E-state index in [2.05, 4.69) is 5.32 Å². The van der Waals surface area contributed by atoms with Crippen molar-refractivity contribution in [3.8, 4) is 0 Å². The van der Waals surface area contributed by atoms with Crippen LogP contribution in [0, 0.1) is 0 Å². The van der Waals surface area contributed by atoms with E-state index in [1.165, 1.54) is 4.31 Å². The van der Waals surface area contributed by atoms with Crippen LogP contribution in [0.25, 0.3) is 0 Å². The number of benzene rings is 1. The molecule has 0 aliphatic carbocycles. The van der Waals surface area contributed by atoms with Crippen LogP contribution in [-0.4, -0.2) is 32.9 Å². The molecule has 1 unspecified atom stereocenters. The fraction of sp³-hybridized carbons (Fsp3) is 0.571. The molecule has 1 aromatic rings. The number of hydrogen-bond acceptors (Lipinski definition) is 3. The molecule has 0 aliphatic rings. The van der Waals surface area contributed by atoms with Gasteiger partial charge in [0.05, 0.1) is 5.75 Å². The second kappa shape index (κ2) is 7.03. The Hall–Kier alpha value is -0.910. The maximum atomic E-state index is 12.2. The van der Waals surface area contributed by atoms with Gasteiger partial charge in [0.25, 0.3) is 0 Å².